The van der Waals surface area contributed by atoms with Crippen molar-refractivity contribution in [2.24, 2.45) is 0 Å². The number of nitrogens with zero attached hydrogens (tertiary/aromatic N) is 1. The molecule has 0 unspecified atom stereocenters. The number of hydrogen-bond acceptors (Lipinski definition) is 6. The highest BCUT2D eigenvalue weighted by molar-refractivity contribution is 6.01. The Bertz CT molecular complexity index is 674. The molecule has 0 heterocycles. The first kappa shape index (κ1) is 21.4. The zero-order valence-corrected chi connectivity index (χ0v) is 15.6. The van der Waals surface area contributed by atoms with Gasteiger partial charge >= 0.3 is 18.0 Å². The number of carbonyl (C=O) groups excluding carboxylic acids is 3. The fourth-order valence-corrected chi connectivity index (χ4v) is 2.25. The number of hydrogen-bond donors (Lipinski definition) is 0. The summed E-state index contributed by atoms with van der Waals surface area (Å²) >= 11 is 0. The number of amides is 1. The van der Waals surface area contributed by atoms with Crippen molar-refractivity contribution < 1.29 is 33.0 Å². The van der Waals surface area contributed by atoms with Gasteiger partial charge < -0.3 is 14.2 Å². The van der Waals surface area contributed by atoms with Crippen LogP contribution in [0.2, 0.25) is 0 Å². The van der Waals surface area contributed by atoms with Gasteiger partial charge in [-0.2, -0.15) is 0 Å². The van der Waals surface area contributed by atoms with Gasteiger partial charge in [0.25, 0.3) is 0 Å². The largest absolute Gasteiger partial charge is 0.469 e. The van der Waals surface area contributed by atoms with E-state index in [-0.39, 0.29) is 36.2 Å². The van der Waals surface area contributed by atoms with Gasteiger partial charge in [-0.15, -0.1) is 0 Å². The van der Waals surface area contributed by atoms with Crippen LogP contribution in [0.25, 0.3) is 0 Å². The average Bonchev–Trinajstić information content (AvgIpc) is 2.59. The predicted octanol–water partition coefficient (Wildman–Crippen LogP) is 3.23. The van der Waals surface area contributed by atoms with Crippen molar-refractivity contribution in [1.29, 1.82) is 0 Å². The highest BCUT2D eigenvalue weighted by atomic mass is 19.1. The minimum absolute atomic E-state index is 0.0236. The number of benzene rings is 1. The summed E-state index contributed by atoms with van der Waals surface area (Å²) < 4.78 is 28.9. The third-order valence-electron chi connectivity index (χ3n) is 3.54. The molecule has 0 aliphatic rings. The summed E-state index contributed by atoms with van der Waals surface area (Å²) in [5.74, 6) is -2.12. The normalized spacial score (nSPS) is 10.4. The monoisotopic (exact) mass is 369 g/mol. The highest BCUT2D eigenvalue weighted by Gasteiger charge is 2.27. The summed E-state index contributed by atoms with van der Waals surface area (Å²) in [4.78, 5) is 37.0. The molecular weight excluding hydrogens is 345 g/mol. The summed E-state index contributed by atoms with van der Waals surface area (Å²) in [6.45, 7) is 4.87. The molecule has 1 aromatic rings. The standard InChI is InChI=1S/C18H24FNO6/c1-11(2)26-18(23)20(10-6-7-14(21)24-4)13-9-8-12(3)16(19)15(13)17(22)25-5/h8-9,11H,6-7,10H2,1-5H3. The van der Waals surface area contributed by atoms with E-state index in [1.54, 1.807) is 13.8 Å². The number of anilines is 1. The Hall–Kier alpha value is -2.64. The van der Waals surface area contributed by atoms with Crippen LogP contribution in [0.4, 0.5) is 14.9 Å². The van der Waals surface area contributed by atoms with Gasteiger partial charge in [0.05, 0.1) is 26.0 Å². The van der Waals surface area contributed by atoms with Crippen LogP contribution in [0, 0.1) is 12.7 Å². The Morgan fingerprint density at radius 1 is 1.15 bits per heavy atom. The second-order valence-corrected chi connectivity index (χ2v) is 5.85. The smallest absolute Gasteiger partial charge is 0.414 e. The molecule has 1 amide bonds. The van der Waals surface area contributed by atoms with Crippen LogP contribution in [0.3, 0.4) is 0 Å². The SMILES string of the molecule is COC(=O)CCCN(C(=O)OC(C)C)c1ccc(C)c(F)c1C(=O)OC. The number of rotatable bonds is 7. The van der Waals surface area contributed by atoms with E-state index in [2.05, 4.69) is 9.47 Å². The van der Waals surface area contributed by atoms with Gasteiger partial charge in [-0.05, 0) is 38.8 Å². The van der Waals surface area contributed by atoms with Gasteiger partial charge in [-0.25, -0.2) is 14.0 Å². The van der Waals surface area contributed by atoms with E-state index in [9.17, 15) is 18.8 Å². The van der Waals surface area contributed by atoms with Gasteiger partial charge in [-0.1, -0.05) is 6.07 Å². The Labute approximate surface area is 152 Å². The molecule has 1 rings (SSSR count). The maximum absolute atomic E-state index is 14.5. The maximum Gasteiger partial charge on any atom is 0.414 e. The van der Waals surface area contributed by atoms with E-state index in [0.717, 1.165) is 12.0 Å². The van der Waals surface area contributed by atoms with Crippen molar-refractivity contribution in [3.63, 3.8) is 0 Å². The first-order chi connectivity index (χ1) is 12.2. The van der Waals surface area contributed by atoms with E-state index in [4.69, 9.17) is 4.74 Å². The van der Waals surface area contributed by atoms with Crippen molar-refractivity contribution in [1.82, 2.24) is 0 Å². The van der Waals surface area contributed by atoms with Gasteiger partial charge in [0.1, 0.15) is 11.4 Å². The molecule has 7 nitrogen and oxygen atoms in total. The fraction of sp³-hybridized carbons (Fsp3) is 0.500. The van der Waals surface area contributed by atoms with Gasteiger partial charge in [0.2, 0.25) is 0 Å². The molecule has 0 aliphatic heterocycles. The molecule has 0 aliphatic carbocycles. The summed E-state index contributed by atoms with van der Waals surface area (Å²) in [6, 6.07) is 2.90. The molecule has 0 saturated heterocycles. The quantitative estimate of drug-likeness (QED) is 0.542. The van der Waals surface area contributed by atoms with Crippen molar-refractivity contribution in [3.05, 3.63) is 29.1 Å². The molecule has 1 aromatic carbocycles. The van der Waals surface area contributed by atoms with Crippen LogP contribution in [-0.4, -0.2) is 44.9 Å². The Kier molecular flexibility index (Phi) is 8.02. The van der Waals surface area contributed by atoms with Crippen LogP contribution in [0.5, 0.6) is 0 Å². The van der Waals surface area contributed by atoms with Crippen molar-refractivity contribution in [2.45, 2.75) is 39.7 Å². The molecule has 0 saturated carbocycles. The second kappa shape index (κ2) is 9.74. The van der Waals surface area contributed by atoms with Crippen molar-refractivity contribution in [2.75, 3.05) is 25.7 Å². The number of esters is 2. The van der Waals surface area contributed by atoms with E-state index in [1.807, 2.05) is 0 Å². The number of carbonyl (C=O) groups is 3. The lowest BCUT2D eigenvalue weighted by Crippen LogP contribution is -2.36. The van der Waals surface area contributed by atoms with E-state index in [0.29, 0.717) is 0 Å². The molecular formula is C18H24FNO6. The first-order valence-electron chi connectivity index (χ1n) is 8.15. The van der Waals surface area contributed by atoms with Gasteiger partial charge in [0, 0.05) is 13.0 Å². The number of aryl methyl sites for hydroxylation is 1. The first-order valence-corrected chi connectivity index (χ1v) is 8.15. The van der Waals surface area contributed by atoms with Crippen molar-refractivity contribution >= 4 is 23.7 Å². The lowest BCUT2D eigenvalue weighted by atomic mass is 10.1. The molecule has 0 radical (unpaired) electrons. The summed E-state index contributed by atoms with van der Waals surface area (Å²) in [7, 11) is 2.39. The molecule has 0 bridgehead atoms. The van der Waals surface area contributed by atoms with E-state index < -0.39 is 30.0 Å². The third-order valence-corrected chi connectivity index (χ3v) is 3.54. The zero-order chi connectivity index (χ0) is 19.9. The molecule has 0 N–H and O–H groups in total. The van der Waals surface area contributed by atoms with E-state index >= 15 is 0 Å². The third kappa shape index (κ3) is 5.44. The fourth-order valence-electron chi connectivity index (χ4n) is 2.25. The predicted molar refractivity (Wildman–Crippen MR) is 92.7 cm³/mol. The Morgan fingerprint density at radius 3 is 2.35 bits per heavy atom. The lowest BCUT2D eigenvalue weighted by molar-refractivity contribution is -0.140. The molecule has 0 fully saturated rings. The molecule has 26 heavy (non-hydrogen) atoms. The Morgan fingerprint density at radius 2 is 1.81 bits per heavy atom. The molecule has 144 valence electrons. The second-order valence-electron chi connectivity index (χ2n) is 5.85. The molecule has 8 heteroatoms. The number of methoxy groups -OCH3 is 2. The topological polar surface area (TPSA) is 82.1 Å². The van der Waals surface area contributed by atoms with E-state index in [1.165, 1.54) is 26.2 Å². The van der Waals surface area contributed by atoms with Crippen LogP contribution < -0.4 is 4.90 Å². The lowest BCUT2D eigenvalue weighted by Gasteiger charge is -2.25. The maximum atomic E-state index is 14.5. The average molecular weight is 369 g/mol. The summed E-state index contributed by atoms with van der Waals surface area (Å²) in [6.07, 6.45) is -0.861. The van der Waals surface area contributed by atoms with Crippen LogP contribution in [0.15, 0.2) is 12.1 Å². The van der Waals surface area contributed by atoms with Crippen LogP contribution in [-0.2, 0) is 19.0 Å². The van der Waals surface area contributed by atoms with Crippen LogP contribution in [0.1, 0.15) is 42.6 Å². The molecule has 0 aromatic heterocycles. The number of ether oxygens (including phenoxy) is 3. The zero-order valence-electron chi connectivity index (χ0n) is 15.6. The minimum Gasteiger partial charge on any atom is -0.469 e. The highest BCUT2D eigenvalue weighted by Crippen LogP contribution is 2.28. The summed E-state index contributed by atoms with van der Waals surface area (Å²) in [5.41, 5.74) is -0.0948. The summed E-state index contributed by atoms with van der Waals surface area (Å²) in [5, 5.41) is 0. The van der Waals surface area contributed by atoms with Gasteiger partial charge in [0.15, 0.2) is 0 Å². The molecule has 0 atom stereocenters. The number of halogens is 1. The minimum atomic E-state index is -0.906. The van der Waals surface area contributed by atoms with Crippen molar-refractivity contribution in [3.8, 4) is 0 Å². The molecule has 0 spiro atoms. The van der Waals surface area contributed by atoms with Crippen LogP contribution >= 0.6 is 0 Å². The Balaban J connectivity index is 3.28. The van der Waals surface area contributed by atoms with Gasteiger partial charge in [-0.3, -0.25) is 9.69 Å².